The number of anilines is 2. The molecule has 1 amide bonds. The summed E-state index contributed by atoms with van der Waals surface area (Å²) >= 11 is 2.23. The third-order valence-electron chi connectivity index (χ3n) is 6.22. The molecular formula is C26H29IN6O2. The smallest absolute Gasteiger partial charge is 0.255 e. The molecule has 4 aromatic rings. The average Bonchev–Trinajstić information content (AvgIpc) is 3.45. The number of nitrogens with zero attached hydrogens (tertiary/aromatic N) is 5. The van der Waals surface area contributed by atoms with Gasteiger partial charge in [-0.25, -0.2) is 4.98 Å². The highest BCUT2D eigenvalue weighted by Crippen LogP contribution is 2.32. The summed E-state index contributed by atoms with van der Waals surface area (Å²) in [5.74, 6) is -0.158. The lowest BCUT2D eigenvalue weighted by Gasteiger charge is -2.29. The molecule has 0 radical (unpaired) electrons. The number of morpholine rings is 1. The van der Waals surface area contributed by atoms with E-state index in [0.29, 0.717) is 24.5 Å². The van der Waals surface area contributed by atoms with Crippen LogP contribution in [0.3, 0.4) is 0 Å². The van der Waals surface area contributed by atoms with E-state index in [2.05, 4.69) is 87.2 Å². The van der Waals surface area contributed by atoms with Gasteiger partial charge in [0.1, 0.15) is 3.70 Å². The van der Waals surface area contributed by atoms with Crippen molar-refractivity contribution in [1.82, 2.24) is 19.2 Å². The molecule has 0 unspecified atom stereocenters. The van der Waals surface area contributed by atoms with Crippen LogP contribution < -0.4 is 10.2 Å². The van der Waals surface area contributed by atoms with Crippen LogP contribution in [-0.4, -0.2) is 51.4 Å². The number of pyridine rings is 1. The van der Waals surface area contributed by atoms with E-state index in [-0.39, 0.29) is 11.4 Å². The molecule has 3 aromatic heterocycles. The van der Waals surface area contributed by atoms with Gasteiger partial charge in [0, 0.05) is 42.8 Å². The zero-order chi connectivity index (χ0) is 24.7. The first kappa shape index (κ1) is 23.8. The summed E-state index contributed by atoms with van der Waals surface area (Å²) < 4.78 is 10.4. The van der Waals surface area contributed by atoms with Crippen molar-refractivity contribution in [3.05, 3.63) is 63.9 Å². The summed E-state index contributed by atoms with van der Waals surface area (Å²) in [6, 6.07) is 8.01. The number of amides is 1. The molecule has 182 valence electrons. The summed E-state index contributed by atoms with van der Waals surface area (Å²) in [6.45, 7) is 11.4. The SMILES string of the molecule is Cc1ccc(C(=O)Nc2cnn(C(C)(C)C)c2I)cc1-c1cc(N2CCOCC2)c2nccn2c1. The number of carbonyl (C=O) groups excluding carboxylic acids is 1. The number of imidazole rings is 1. The fraction of sp³-hybridized carbons (Fsp3) is 0.346. The topological polar surface area (TPSA) is 76.7 Å². The first-order valence-electron chi connectivity index (χ1n) is 11.7. The lowest BCUT2D eigenvalue weighted by atomic mass is 9.98. The molecule has 1 aromatic carbocycles. The summed E-state index contributed by atoms with van der Waals surface area (Å²) in [6.07, 6.45) is 7.57. The largest absolute Gasteiger partial charge is 0.378 e. The number of halogens is 1. The molecule has 9 heteroatoms. The van der Waals surface area contributed by atoms with Gasteiger partial charge < -0.3 is 19.4 Å². The van der Waals surface area contributed by atoms with Gasteiger partial charge in [0.15, 0.2) is 5.65 Å². The number of aromatic nitrogens is 4. The van der Waals surface area contributed by atoms with E-state index in [1.54, 1.807) is 6.20 Å². The maximum absolute atomic E-state index is 13.2. The summed E-state index contributed by atoms with van der Waals surface area (Å²) in [7, 11) is 0. The number of aryl methyl sites for hydroxylation is 1. The number of hydrogen-bond acceptors (Lipinski definition) is 5. The highest BCUT2D eigenvalue weighted by molar-refractivity contribution is 14.1. The van der Waals surface area contributed by atoms with Crippen LogP contribution in [0.5, 0.6) is 0 Å². The van der Waals surface area contributed by atoms with Crippen LogP contribution in [-0.2, 0) is 10.3 Å². The molecule has 0 aliphatic carbocycles. The Kier molecular flexibility index (Phi) is 6.30. The van der Waals surface area contributed by atoms with Crippen molar-refractivity contribution in [2.24, 2.45) is 0 Å². The van der Waals surface area contributed by atoms with Gasteiger partial charge >= 0.3 is 0 Å². The highest BCUT2D eigenvalue weighted by Gasteiger charge is 2.21. The van der Waals surface area contributed by atoms with Crippen LogP contribution in [0, 0.1) is 10.6 Å². The van der Waals surface area contributed by atoms with Gasteiger partial charge in [-0.1, -0.05) is 6.07 Å². The molecular weight excluding hydrogens is 555 g/mol. The molecule has 8 nitrogen and oxygen atoms in total. The number of nitrogens with one attached hydrogen (secondary N) is 1. The Morgan fingerprint density at radius 3 is 2.66 bits per heavy atom. The molecule has 0 atom stereocenters. The molecule has 0 spiro atoms. The van der Waals surface area contributed by atoms with Crippen molar-refractivity contribution < 1.29 is 9.53 Å². The minimum atomic E-state index is -0.166. The molecule has 4 heterocycles. The summed E-state index contributed by atoms with van der Waals surface area (Å²) in [5.41, 5.74) is 6.31. The third kappa shape index (κ3) is 4.66. The van der Waals surface area contributed by atoms with Gasteiger partial charge in [-0.05, 0) is 79.6 Å². The molecule has 1 aliphatic heterocycles. The van der Waals surface area contributed by atoms with Crippen LogP contribution in [0.2, 0.25) is 0 Å². The fourth-order valence-corrected chi connectivity index (χ4v) is 5.47. The number of carbonyl (C=O) groups is 1. The Bertz CT molecular complexity index is 1390. The maximum Gasteiger partial charge on any atom is 0.255 e. The van der Waals surface area contributed by atoms with Gasteiger partial charge in [-0.2, -0.15) is 5.10 Å². The lowest BCUT2D eigenvalue weighted by Crippen LogP contribution is -2.36. The zero-order valence-corrected chi connectivity index (χ0v) is 22.5. The minimum Gasteiger partial charge on any atom is -0.378 e. The number of fused-ring (bicyclic) bond motifs is 1. The van der Waals surface area contributed by atoms with E-state index in [1.807, 2.05) is 35.3 Å². The molecule has 1 aliphatic rings. The molecule has 1 fully saturated rings. The Balaban J connectivity index is 1.49. The number of hydrogen-bond donors (Lipinski definition) is 1. The second-order valence-corrected chi connectivity index (χ2v) is 10.8. The molecule has 35 heavy (non-hydrogen) atoms. The molecule has 5 rings (SSSR count). The van der Waals surface area contributed by atoms with Crippen molar-refractivity contribution in [3.8, 4) is 11.1 Å². The molecule has 0 bridgehead atoms. The fourth-order valence-electron chi connectivity index (χ4n) is 4.35. The first-order valence-corrected chi connectivity index (χ1v) is 12.8. The Morgan fingerprint density at radius 2 is 1.94 bits per heavy atom. The Hall–Kier alpha value is -2.92. The number of rotatable bonds is 4. The van der Waals surface area contributed by atoms with E-state index in [9.17, 15) is 4.79 Å². The second-order valence-electron chi connectivity index (χ2n) is 9.79. The second kappa shape index (κ2) is 9.27. The van der Waals surface area contributed by atoms with E-state index >= 15 is 0 Å². The van der Waals surface area contributed by atoms with E-state index in [4.69, 9.17) is 4.74 Å². The maximum atomic E-state index is 13.2. The van der Waals surface area contributed by atoms with Gasteiger partial charge in [0.25, 0.3) is 5.91 Å². The Labute approximate surface area is 218 Å². The summed E-state index contributed by atoms with van der Waals surface area (Å²) in [4.78, 5) is 20.1. The van der Waals surface area contributed by atoms with Crippen LogP contribution in [0.4, 0.5) is 11.4 Å². The Morgan fingerprint density at radius 1 is 1.17 bits per heavy atom. The van der Waals surface area contributed by atoms with Gasteiger partial charge in [0.2, 0.25) is 0 Å². The van der Waals surface area contributed by atoms with E-state index < -0.39 is 0 Å². The zero-order valence-electron chi connectivity index (χ0n) is 20.4. The quantitative estimate of drug-likeness (QED) is 0.344. The van der Waals surface area contributed by atoms with Crippen LogP contribution >= 0.6 is 22.6 Å². The number of ether oxygens (including phenoxy) is 1. The van der Waals surface area contributed by atoms with Crippen molar-refractivity contribution in [2.45, 2.75) is 33.2 Å². The van der Waals surface area contributed by atoms with Crippen molar-refractivity contribution in [1.29, 1.82) is 0 Å². The van der Waals surface area contributed by atoms with Crippen molar-refractivity contribution in [3.63, 3.8) is 0 Å². The predicted molar refractivity (Wildman–Crippen MR) is 146 cm³/mol. The normalized spacial score (nSPS) is 14.5. The van der Waals surface area contributed by atoms with Crippen molar-refractivity contribution >= 4 is 45.5 Å². The third-order valence-corrected chi connectivity index (χ3v) is 7.26. The van der Waals surface area contributed by atoms with Crippen LogP contribution in [0.25, 0.3) is 16.8 Å². The first-order chi connectivity index (χ1) is 16.7. The predicted octanol–water partition coefficient (Wildman–Crippen LogP) is 4.95. The van der Waals surface area contributed by atoms with Crippen LogP contribution in [0.15, 0.2) is 49.1 Å². The highest BCUT2D eigenvalue weighted by atomic mass is 127. The molecule has 1 N–H and O–H groups in total. The number of benzene rings is 1. The lowest BCUT2D eigenvalue weighted by molar-refractivity contribution is 0.102. The van der Waals surface area contributed by atoms with E-state index in [1.165, 1.54) is 0 Å². The monoisotopic (exact) mass is 584 g/mol. The molecule has 1 saturated heterocycles. The average molecular weight is 584 g/mol. The minimum absolute atomic E-state index is 0.158. The van der Waals surface area contributed by atoms with Gasteiger partial charge in [0.05, 0.1) is 36.3 Å². The van der Waals surface area contributed by atoms with Gasteiger partial charge in [-0.3, -0.25) is 9.48 Å². The molecule has 0 saturated carbocycles. The van der Waals surface area contributed by atoms with E-state index in [0.717, 1.165) is 44.8 Å². The standard InChI is InChI=1S/C26H29IN6O2/c1-17-5-6-18(25(34)30-21-15-29-33(23(21)27)26(2,3)4)13-20(17)19-14-22(31-9-11-35-12-10-31)24-28-7-8-32(24)16-19/h5-8,13-16H,9-12H2,1-4H3,(H,30,34). The summed E-state index contributed by atoms with van der Waals surface area (Å²) in [5, 5.41) is 7.50. The van der Waals surface area contributed by atoms with Crippen molar-refractivity contribution in [2.75, 3.05) is 36.5 Å². The van der Waals surface area contributed by atoms with Gasteiger partial charge in [-0.15, -0.1) is 0 Å². The van der Waals surface area contributed by atoms with Crippen LogP contribution in [0.1, 0.15) is 36.7 Å².